The number of thiazole rings is 1. The van der Waals surface area contributed by atoms with E-state index in [1.54, 1.807) is 16.2 Å². The molecule has 3 heterocycles. The van der Waals surface area contributed by atoms with Crippen LogP contribution in [0.3, 0.4) is 0 Å². The molecule has 0 unspecified atom stereocenters. The summed E-state index contributed by atoms with van der Waals surface area (Å²) in [4.78, 5) is 38.5. The number of hydrogen-bond acceptors (Lipinski definition) is 6. The van der Waals surface area contributed by atoms with Gasteiger partial charge in [0.25, 0.3) is 5.91 Å². The fourth-order valence-corrected chi connectivity index (χ4v) is 4.09. The topological polar surface area (TPSA) is 77.9 Å². The zero-order valence-electron chi connectivity index (χ0n) is 14.5. The van der Waals surface area contributed by atoms with Gasteiger partial charge in [-0.05, 0) is 26.7 Å². The number of aromatic nitrogens is 1. The zero-order chi connectivity index (χ0) is 17.5. The fourth-order valence-electron chi connectivity index (χ4n) is 3.16. The third kappa shape index (κ3) is 3.02. The van der Waals surface area contributed by atoms with E-state index >= 15 is 0 Å². The second-order valence-electron chi connectivity index (χ2n) is 6.61. The molecule has 7 nitrogen and oxygen atoms in total. The normalized spacial score (nSPS) is 19.4. The molecule has 1 N–H and O–H groups in total. The first kappa shape index (κ1) is 16.9. The second kappa shape index (κ2) is 6.16. The molecule has 130 valence electrons. The Bertz CT molecular complexity index is 701. The molecule has 0 radical (unpaired) electrons. The lowest BCUT2D eigenvalue weighted by molar-refractivity contribution is -0.134. The number of aryl methyl sites for hydroxylation is 2. The summed E-state index contributed by atoms with van der Waals surface area (Å²) in [6.07, 6.45) is 1.54. The molecule has 2 aliphatic rings. The maximum Gasteiger partial charge on any atom is 0.254 e. The summed E-state index contributed by atoms with van der Waals surface area (Å²) in [5.41, 5.74) is 0.239. The Morgan fingerprint density at radius 2 is 2.00 bits per heavy atom. The van der Waals surface area contributed by atoms with E-state index in [1.165, 1.54) is 0 Å². The van der Waals surface area contributed by atoms with Crippen LogP contribution in [-0.4, -0.2) is 65.3 Å². The minimum Gasteiger partial charge on any atom is -0.349 e. The van der Waals surface area contributed by atoms with Crippen molar-refractivity contribution in [3.05, 3.63) is 15.6 Å². The highest BCUT2D eigenvalue weighted by atomic mass is 32.1. The number of carbonyl (C=O) groups excluding carboxylic acids is 2. The predicted molar refractivity (Wildman–Crippen MR) is 93.1 cm³/mol. The van der Waals surface area contributed by atoms with E-state index in [0.717, 1.165) is 15.6 Å². The summed E-state index contributed by atoms with van der Waals surface area (Å²) in [7, 11) is 3.71. The quantitative estimate of drug-likeness (QED) is 0.853. The summed E-state index contributed by atoms with van der Waals surface area (Å²) in [5, 5.41) is 3.82. The molecule has 2 amide bonds. The Labute approximate surface area is 145 Å². The lowest BCUT2D eigenvalue weighted by Gasteiger charge is -2.35. The Hall–Kier alpha value is -1.96. The highest BCUT2D eigenvalue weighted by molar-refractivity contribution is 7.11. The van der Waals surface area contributed by atoms with Crippen LogP contribution in [0.25, 0.3) is 0 Å². The van der Waals surface area contributed by atoms with Crippen LogP contribution in [0.15, 0.2) is 4.99 Å². The molecule has 1 fully saturated rings. The van der Waals surface area contributed by atoms with Crippen LogP contribution in [0.5, 0.6) is 0 Å². The lowest BCUT2D eigenvalue weighted by atomic mass is 9.88. The van der Waals surface area contributed by atoms with Gasteiger partial charge in [-0.2, -0.15) is 0 Å². The van der Waals surface area contributed by atoms with Crippen molar-refractivity contribution < 1.29 is 9.59 Å². The molecule has 0 saturated carbocycles. The van der Waals surface area contributed by atoms with E-state index in [0.29, 0.717) is 38.3 Å². The molecule has 1 aromatic rings. The highest BCUT2D eigenvalue weighted by Crippen LogP contribution is 2.30. The molecule has 3 rings (SSSR count). The van der Waals surface area contributed by atoms with E-state index in [-0.39, 0.29) is 11.8 Å². The summed E-state index contributed by atoms with van der Waals surface area (Å²) >= 11 is 1.58. The Morgan fingerprint density at radius 1 is 1.33 bits per heavy atom. The van der Waals surface area contributed by atoms with Gasteiger partial charge in [0.1, 0.15) is 5.54 Å². The third-order valence-corrected chi connectivity index (χ3v) is 5.72. The molecule has 0 atom stereocenters. The molecule has 2 aliphatic heterocycles. The number of likely N-dealkylation sites (tertiary alicyclic amines) is 1. The van der Waals surface area contributed by atoms with Crippen LogP contribution in [-0.2, 0) is 16.0 Å². The molecule has 0 aliphatic carbocycles. The number of guanidine groups is 1. The minimum absolute atomic E-state index is 0.0489. The monoisotopic (exact) mass is 349 g/mol. The number of carbonyl (C=O) groups is 2. The number of amides is 2. The van der Waals surface area contributed by atoms with Gasteiger partial charge in [-0.3, -0.25) is 14.9 Å². The number of rotatable bonds is 2. The molecular weight excluding hydrogens is 326 g/mol. The Kier molecular flexibility index (Phi) is 4.33. The van der Waals surface area contributed by atoms with E-state index in [9.17, 15) is 9.59 Å². The highest BCUT2D eigenvalue weighted by Gasteiger charge is 2.46. The van der Waals surface area contributed by atoms with Crippen molar-refractivity contribution >= 4 is 29.1 Å². The maximum absolute atomic E-state index is 12.5. The molecule has 1 aromatic heterocycles. The van der Waals surface area contributed by atoms with Crippen molar-refractivity contribution in [1.29, 1.82) is 0 Å². The van der Waals surface area contributed by atoms with Crippen molar-refractivity contribution in [2.24, 2.45) is 4.99 Å². The number of aliphatic imine (C=N–C) groups is 1. The van der Waals surface area contributed by atoms with Crippen LogP contribution in [0.1, 0.15) is 28.4 Å². The van der Waals surface area contributed by atoms with Crippen molar-refractivity contribution in [2.45, 2.75) is 38.6 Å². The SMILES string of the molecule is Cc1nc(C)c(CC(=O)N2CCC3(CC2)N=C(N(C)C)NC3=O)s1. The van der Waals surface area contributed by atoms with Crippen molar-refractivity contribution in [2.75, 3.05) is 27.2 Å². The van der Waals surface area contributed by atoms with E-state index in [4.69, 9.17) is 0 Å². The molecule has 0 bridgehead atoms. The van der Waals surface area contributed by atoms with E-state index < -0.39 is 5.54 Å². The smallest absolute Gasteiger partial charge is 0.254 e. The minimum atomic E-state index is -0.701. The summed E-state index contributed by atoms with van der Waals surface area (Å²) in [6, 6.07) is 0. The van der Waals surface area contributed by atoms with Crippen LogP contribution >= 0.6 is 11.3 Å². The molecular formula is C16H23N5O2S. The van der Waals surface area contributed by atoms with Gasteiger partial charge in [-0.1, -0.05) is 0 Å². The predicted octanol–water partition coefficient (Wildman–Crippen LogP) is 0.711. The van der Waals surface area contributed by atoms with Crippen LogP contribution in [0.4, 0.5) is 0 Å². The number of nitrogens with one attached hydrogen (secondary N) is 1. The number of hydrogen-bond donors (Lipinski definition) is 1. The average Bonchev–Trinajstić information content (AvgIpc) is 3.00. The van der Waals surface area contributed by atoms with Crippen molar-refractivity contribution in [3.8, 4) is 0 Å². The van der Waals surface area contributed by atoms with Gasteiger partial charge in [0, 0.05) is 32.1 Å². The summed E-state index contributed by atoms with van der Waals surface area (Å²) in [5.74, 6) is 0.662. The number of piperidine rings is 1. The zero-order valence-corrected chi connectivity index (χ0v) is 15.4. The van der Waals surface area contributed by atoms with Gasteiger partial charge >= 0.3 is 0 Å². The van der Waals surface area contributed by atoms with Gasteiger partial charge < -0.3 is 9.80 Å². The maximum atomic E-state index is 12.5. The van der Waals surface area contributed by atoms with Gasteiger partial charge in [0.15, 0.2) is 0 Å². The third-order valence-electron chi connectivity index (χ3n) is 4.65. The Balaban J connectivity index is 1.64. The van der Waals surface area contributed by atoms with Crippen molar-refractivity contribution in [3.63, 3.8) is 0 Å². The largest absolute Gasteiger partial charge is 0.349 e. The molecule has 0 aromatic carbocycles. The summed E-state index contributed by atoms with van der Waals surface area (Å²) < 4.78 is 0. The van der Waals surface area contributed by atoms with E-state index in [1.807, 2.05) is 32.8 Å². The first-order valence-electron chi connectivity index (χ1n) is 8.10. The fraction of sp³-hybridized carbons (Fsp3) is 0.625. The first-order valence-corrected chi connectivity index (χ1v) is 8.92. The molecule has 1 saturated heterocycles. The second-order valence-corrected chi connectivity index (χ2v) is 7.90. The van der Waals surface area contributed by atoms with Crippen molar-refractivity contribution in [1.82, 2.24) is 20.1 Å². The van der Waals surface area contributed by atoms with Gasteiger partial charge in [-0.15, -0.1) is 11.3 Å². The molecule has 8 heteroatoms. The van der Waals surface area contributed by atoms with Gasteiger partial charge in [-0.25, -0.2) is 9.98 Å². The standard InChI is InChI=1S/C16H23N5O2S/c1-10-12(24-11(2)17-10)9-13(22)21-7-5-16(6-8-21)14(23)18-15(19-16)20(3)4/h5-9H2,1-4H3,(H,18,19,23). The molecule has 1 spiro atoms. The van der Waals surface area contributed by atoms with E-state index in [2.05, 4.69) is 15.3 Å². The van der Waals surface area contributed by atoms with Crippen LogP contribution in [0, 0.1) is 13.8 Å². The lowest BCUT2D eigenvalue weighted by Crippen LogP contribution is -2.51. The number of nitrogens with zero attached hydrogens (tertiary/aromatic N) is 4. The summed E-state index contributed by atoms with van der Waals surface area (Å²) in [6.45, 7) is 5.02. The van der Waals surface area contributed by atoms with Crippen LogP contribution in [0.2, 0.25) is 0 Å². The van der Waals surface area contributed by atoms with Crippen LogP contribution < -0.4 is 5.32 Å². The average molecular weight is 349 g/mol. The first-order chi connectivity index (χ1) is 11.3. The van der Waals surface area contributed by atoms with Gasteiger partial charge in [0.05, 0.1) is 17.1 Å². The molecule has 24 heavy (non-hydrogen) atoms. The van der Waals surface area contributed by atoms with Gasteiger partial charge in [0.2, 0.25) is 11.9 Å². The Morgan fingerprint density at radius 3 is 2.50 bits per heavy atom.